The van der Waals surface area contributed by atoms with Crippen molar-refractivity contribution in [3.8, 4) is 0 Å². The number of hydrogen-bond acceptors (Lipinski definition) is 3. The summed E-state index contributed by atoms with van der Waals surface area (Å²) in [4.78, 5) is 11.4. The molecular formula is C12H26N2O2. The van der Waals surface area contributed by atoms with Crippen LogP contribution in [0.5, 0.6) is 0 Å². The zero-order valence-electron chi connectivity index (χ0n) is 11.2. The maximum absolute atomic E-state index is 11.4. The highest BCUT2D eigenvalue weighted by Crippen LogP contribution is 2.06. The molecule has 1 atom stereocenters. The Balaban J connectivity index is 3.79. The van der Waals surface area contributed by atoms with E-state index in [4.69, 9.17) is 4.74 Å². The number of nitrogens with one attached hydrogen (secondary N) is 2. The molecule has 4 heteroatoms. The Morgan fingerprint density at radius 1 is 1.38 bits per heavy atom. The molecule has 0 bridgehead atoms. The summed E-state index contributed by atoms with van der Waals surface area (Å²) in [6.45, 7) is 8.36. The average molecular weight is 230 g/mol. The number of amides is 1. The lowest BCUT2D eigenvalue weighted by molar-refractivity contribution is 0.0522. The number of likely N-dealkylation sites (N-methyl/N-ethyl adjacent to an activating group) is 1. The summed E-state index contributed by atoms with van der Waals surface area (Å²) in [5.74, 6) is 0. The van der Waals surface area contributed by atoms with Gasteiger partial charge >= 0.3 is 6.09 Å². The van der Waals surface area contributed by atoms with Crippen LogP contribution in [-0.2, 0) is 4.74 Å². The standard InChI is InChI=1S/C12H26N2O2/c1-6-7-8-10(13-5)9-14-11(15)16-12(2,3)4/h10,13H,6-9H2,1-5H3,(H,14,15). The second kappa shape index (κ2) is 7.49. The van der Waals surface area contributed by atoms with E-state index in [1.807, 2.05) is 27.8 Å². The molecule has 0 aromatic rings. The van der Waals surface area contributed by atoms with E-state index in [0.29, 0.717) is 12.6 Å². The Morgan fingerprint density at radius 2 is 2.00 bits per heavy atom. The van der Waals surface area contributed by atoms with Gasteiger partial charge < -0.3 is 15.4 Å². The van der Waals surface area contributed by atoms with E-state index in [9.17, 15) is 4.79 Å². The highest BCUT2D eigenvalue weighted by atomic mass is 16.6. The molecule has 0 heterocycles. The normalized spacial score (nSPS) is 13.3. The summed E-state index contributed by atoms with van der Waals surface area (Å²) in [5, 5.41) is 5.96. The zero-order chi connectivity index (χ0) is 12.6. The molecule has 0 radical (unpaired) electrons. The van der Waals surface area contributed by atoms with Gasteiger partial charge in [-0.15, -0.1) is 0 Å². The van der Waals surface area contributed by atoms with Crippen molar-refractivity contribution in [2.75, 3.05) is 13.6 Å². The molecule has 1 amide bonds. The van der Waals surface area contributed by atoms with Crippen molar-refractivity contribution in [3.63, 3.8) is 0 Å². The summed E-state index contributed by atoms with van der Waals surface area (Å²) in [6.07, 6.45) is 3.07. The highest BCUT2D eigenvalue weighted by Gasteiger charge is 2.16. The topological polar surface area (TPSA) is 50.4 Å². The van der Waals surface area contributed by atoms with Gasteiger partial charge in [0.2, 0.25) is 0 Å². The van der Waals surface area contributed by atoms with Crippen LogP contribution in [0.15, 0.2) is 0 Å². The lowest BCUT2D eigenvalue weighted by atomic mass is 10.1. The Hall–Kier alpha value is -0.770. The molecule has 4 nitrogen and oxygen atoms in total. The largest absolute Gasteiger partial charge is 0.444 e. The predicted octanol–water partition coefficient (Wildman–Crippen LogP) is 2.29. The number of carbonyl (C=O) groups excluding carboxylic acids is 1. The molecule has 0 aliphatic rings. The molecular weight excluding hydrogens is 204 g/mol. The van der Waals surface area contributed by atoms with Gasteiger partial charge in [0.25, 0.3) is 0 Å². The number of hydrogen-bond donors (Lipinski definition) is 2. The van der Waals surface area contributed by atoms with Gasteiger partial charge in [-0.05, 0) is 34.2 Å². The number of rotatable bonds is 6. The van der Waals surface area contributed by atoms with Gasteiger partial charge in [0.05, 0.1) is 0 Å². The third-order valence-corrected chi connectivity index (χ3v) is 2.21. The van der Waals surface area contributed by atoms with Gasteiger partial charge in [0.15, 0.2) is 0 Å². The molecule has 16 heavy (non-hydrogen) atoms. The zero-order valence-corrected chi connectivity index (χ0v) is 11.2. The van der Waals surface area contributed by atoms with Crippen LogP contribution in [0.4, 0.5) is 4.79 Å². The van der Waals surface area contributed by atoms with Crippen molar-refractivity contribution < 1.29 is 9.53 Å². The van der Waals surface area contributed by atoms with Crippen LogP contribution < -0.4 is 10.6 Å². The Bertz CT molecular complexity index is 200. The SMILES string of the molecule is CCCCC(CNC(=O)OC(C)(C)C)NC. The van der Waals surface area contributed by atoms with Gasteiger partial charge in [-0.25, -0.2) is 4.79 Å². The number of ether oxygens (including phenoxy) is 1. The molecule has 0 rings (SSSR count). The molecule has 0 spiro atoms. The molecule has 0 saturated carbocycles. The predicted molar refractivity (Wildman–Crippen MR) is 66.6 cm³/mol. The van der Waals surface area contributed by atoms with E-state index in [0.717, 1.165) is 6.42 Å². The van der Waals surface area contributed by atoms with Gasteiger partial charge in [-0.2, -0.15) is 0 Å². The molecule has 0 aromatic heterocycles. The molecule has 0 fully saturated rings. The molecule has 2 N–H and O–H groups in total. The summed E-state index contributed by atoms with van der Waals surface area (Å²) in [5.41, 5.74) is -0.428. The van der Waals surface area contributed by atoms with E-state index in [2.05, 4.69) is 17.6 Å². The van der Waals surface area contributed by atoms with E-state index in [-0.39, 0.29) is 6.09 Å². The third kappa shape index (κ3) is 8.53. The van der Waals surface area contributed by atoms with Crippen LogP contribution in [0.3, 0.4) is 0 Å². The van der Waals surface area contributed by atoms with Crippen molar-refractivity contribution in [2.45, 2.75) is 58.6 Å². The lowest BCUT2D eigenvalue weighted by Crippen LogP contribution is -2.41. The monoisotopic (exact) mass is 230 g/mol. The summed E-state index contributed by atoms with van der Waals surface area (Å²) < 4.78 is 5.16. The molecule has 0 aliphatic carbocycles. The van der Waals surface area contributed by atoms with Crippen LogP contribution >= 0.6 is 0 Å². The first-order valence-corrected chi connectivity index (χ1v) is 6.03. The number of alkyl carbamates (subject to hydrolysis) is 1. The van der Waals surface area contributed by atoms with Gasteiger partial charge in [-0.3, -0.25) is 0 Å². The first kappa shape index (κ1) is 15.2. The first-order chi connectivity index (χ1) is 7.39. The maximum Gasteiger partial charge on any atom is 0.407 e. The van der Waals surface area contributed by atoms with Crippen LogP contribution in [0.25, 0.3) is 0 Å². The first-order valence-electron chi connectivity index (χ1n) is 6.03. The second-order valence-electron chi connectivity index (χ2n) is 5.01. The summed E-state index contributed by atoms with van der Waals surface area (Å²) in [6, 6.07) is 0.326. The molecule has 96 valence electrons. The third-order valence-electron chi connectivity index (χ3n) is 2.21. The van der Waals surface area contributed by atoms with Crippen molar-refractivity contribution in [1.82, 2.24) is 10.6 Å². The average Bonchev–Trinajstić information content (AvgIpc) is 2.15. The van der Waals surface area contributed by atoms with E-state index in [1.165, 1.54) is 12.8 Å². The van der Waals surface area contributed by atoms with Crippen molar-refractivity contribution in [3.05, 3.63) is 0 Å². The van der Waals surface area contributed by atoms with Crippen LogP contribution in [0, 0.1) is 0 Å². The van der Waals surface area contributed by atoms with Gasteiger partial charge in [0.1, 0.15) is 5.60 Å². The Morgan fingerprint density at radius 3 is 2.44 bits per heavy atom. The molecule has 0 aromatic carbocycles. The second-order valence-corrected chi connectivity index (χ2v) is 5.01. The van der Waals surface area contributed by atoms with E-state index >= 15 is 0 Å². The van der Waals surface area contributed by atoms with Gasteiger partial charge in [0, 0.05) is 12.6 Å². The van der Waals surface area contributed by atoms with Crippen molar-refractivity contribution in [1.29, 1.82) is 0 Å². The van der Waals surface area contributed by atoms with E-state index < -0.39 is 5.60 Å². The fraction of sp³-hybridized carbons (Fsp3) is 0.917. The molecule has 0 saturated heterocycles. The smallest absolute Gasteiger partial charge is 0.407 e. The fourth-order valence-electron chi connectivity index (χ4n) is 1.32. The summed E-state index contributed by atoms with van der Waals surface area (Å²) in [7, 11) is 1.91. The minimum atomic E-state index is -0.428. The van der Waals surface area contributed by atoms with Crippen LogP contribution in [0.1, 0.15) is 47.0 Å². The quantitative estimate of drug-likeness (QED) is 0.736. The number of carbonyl (C=O) groups is 1. The molecule has 1 unspecified atom stereocenters. The lowest BCUT2D eigenvalue weighted by Gasteiger charge is -2.21. The van der Waals surface area contributed by atoms with Crippen molar-refractivity contribution >= 4 is 6.09 Å². The van der Waals surface area contributed by atoms with Crippen LogP contribution in [0.2, 0.25) is 0 Å². The highest BCUT2D eigenvalue weighted by molar-refractivity contribution is 5.67. The van der Waals surface area contributed by atoms with Gasteiger partial charge in [-0.1, -0.05) is 19.8 Å². The minimum absolute atomic E-state index is 0.326. The Labute approximate surface area is 99.1 Å². The fourth-order valence-corrected chi connectivity index (χ4v) is 1.32. The minimum Gasteiger partial charge on any atom is -0.444 e. The summed E-state index contributed by atoms with van der Waals surface area (Å²) >= 11 is 0. The van der Waals surface area contributed by atoms with Crippen LogP contribution in [-0.4, -0.2) is 31.3 Å². The maximum atomic E-state index is 11.4. The van der Waals surface area contributed by atoms with Crippen molar-refractivity contribution in [2.24, 2.45) is 0 Å². The van der Waals surface area contributed by atoms with E-state index in [1.54, 1.807) is 0 Å². The Kier molecular flexibility index (Phi) is 7.13. The molecule has 0 aliphatic heterocycles. The number of unbranched alkanes of at least 4 members (excludes halogenated alkanes) is 1.